The summed E-state index contributed by atoms with van der Waals surface area (Å²) in [6, 6.07) is 8.84. The summed E-state index contributed by atoms with van der Waals surface area (Å²) in [5.74, 6) is -0.250. The maximum Gasteiger partial charge on any atom is 0.124 e. The van der Waals surface area contributed by atoms with Crippen LogP contribution in [0, 0.1) is 12.7 Å². The average Bonchev–Trinajstić information content (AvgIpc) is 2.33. The Morgan fingerprint density at radius 2 is 1.53 bits per heavy atom. The third-order valence-corrected chi connectivity index (χ3v) is 6.00. The number of halogens is 5. The van der Waals surface area contributed by atoms with Gasteiger partial charge in [-0.3, -0.25) is 0 Å². The molecule has 1 atom stereocenters. The Labute approximate surface area is 145 Å². The van der Waals surface area contributed by atoms with Crippen molar-refractivity contribution in [1.82, 2.24) is 0 Å². The largest absolute Gasteiger partial charge is 0.207 e. The van der Waals surface area contributed by atoms with Crippen LogP contribution in [-0.2, 0) is 0 Å². The third kappa shape index (κ3) is 3.49. The van der Waals surface area contributed by atoms with Crippen LogP contribution in [0.4, 0.5) is 4.39 Å². The Morgan fingerprint density at radius 1 is 0.895 bits per heavy atom. The normalized spacial score (nSPS) is 12.5. The molecule has 0 nitrogen and oxygen atoms in total. The lowest BCUT2D eigenvalue weighted by Crippen LogP contribution is -1.97. The number of alkyl halides is 1. The van der Waals surface area contributed by atoms with Gasteiger partial charge in [-0.15, -0.1) is 0 Å². The second-order valence-electron chi connectivity index (χ2n) is 4.15. The molecule has 0 spiro atoms. The second kappa shape index (κ2) is 6.37. The van der Waals surface area contributed by atoms with Gasteiger partial charge >= 0.3 is 0 Å². The van der Waals surface area contributed by atoms with Crippen molar-refractivity contribution in [2.45, 2.75) is 11.8 Å². The molecule has 2 aromatic carbocycles. The summed E-state index contributed by atoms with van der Waals surface area (Å²) in [7, 11) is 0. The van der Waals surface area contributed by atoms with Crippen LogP contribution in [0.15, 0.2) is 43.7 Å². The summed E-state index contributed by atoms with van der Waals surface area (Å²) in [4.78, 5) is -0.0197. The number of hydrogen-bond donors (Lipinski definition) is 0. The van der Waals surface area contributed by atoms with Crippen LogP contribution in [0.25, 0.3) is 0 Å². The molecule has 0 aliphatic carbocycles. The molecule has 0 amide bonds. The summed E-state index contributed by atoms with van der Waals surface area (Å²) < 4.78 is 16.0. The van der Waals surface area contributed by atoms with E-state index in [1.807, 2.05) is 6.92 Å². The predicted octanol–water partition coefficient (Wildman–Crippen LogP) is 6.91. The highest BCUT2D eigenvalue weighted by Gasteiger charge is 2.17. The highest BCUT2D eigenvalue weighted by Crippen LogP contribution is 2.40. The van der Waals surface area contributed by atoms with Crippen molar-refractivity contribution in [3.63, 3.8) is 0 Å². The molecule has 0 fully saturated rings. The van der Waals surface area contributed by atoms with Gasteiger partial charge < -0.3 is 0 Å². The standard InChI is InChI=1S/C14H9Br4F/c1-7-4-12(16)10(6-11(7)15)14(18)9-3-2-8(19)5-13(9)17/h2-6,14H,1H3. The van der Waals surface area contributed by atoms with Crippen LogP contribution in [0.3, 0.4) is 0 Å². The van der Waals surface area contributed by atoms with Crippen LogP contribution in [0.2, 0.25) is 0 Å². The van der Waals surface area contributed by atoms with Crippen molar-refractivity contribution in [2.24, 2.45) is 0 Å². The molecule has 0 aliphatic heterocycles. The van der Waals surface area contributed by atoms with E-state index in [2.05, 4.69) is 75.9 Å². The zero-order chi connectivity index (χ0) is 14.2. The topological polar surface area (TPSA) is 0 Å². The zero-order valence-corrected chi connectivity index (χ0v) is 16.2. The van der Waals surface area contributed by atoms with Crippen molar-refractivity contribution in [3.05, 3.63) is 66.3 Å². The Morgan fingerprint density at radius 3 is 2.16 bits per heavy atom. The average molecular weight is 516 g/mol. The van der Waals surface area contributed by atoms with Crippen LogP contribution in [0.5, 0.6) is 0 Å². The van der Waals surface area contributed by atoms with Gasteiger partial charge in [0.15, 0.2) is 0 Å². The maximum absolute atomic E-state index is 13.1. The Hall–Kier alpha value is 0.290. The fraction of sp³-hybridized carbons (Fsp3) is 0.143. The molecular weight excluding hydrogens is 507 g/mol. The predicted molar refractivity (Wildman–Crippen MR) is 91.4 cm³/mol. The number of rotatable bonds is 2. The van der Waals surface area contributed by atoms with Gasteiger partial charge in [-0.2, -0.15) is 0 Å². The van der Waals surface area contributed by atoms with E-state index in [0.717, 1.165) is 30.1 Å². The molecule has 0 saturated heterocycles. The van der Waals surface area contributed by atoms with Crippen molar-refractivity contribution < 1.29 is 4.39 Å². The molecule has 0 aliphatic rings. The molecule has 0 N–H and O–H groups in total. The van der Waals surface area contributed by atoms with Gasteiger partial charge in [0, 0.05) is 13.4 Å². The summed E-state index contributed by atoms with van der Waals surface area (Å²) >= 11 is 14.2. The van der Waals surface area contributed by atoms with Crippen molar-refractivity contribution in [3.8, 4) is 0 Å². The monoisotopic (exact) mass is 512 g/mol. The Kier molecular flexibility index (Phi) is 5.26. The van der Waals surface area contributed by atoms with Crippen molar-refractivity contribution >= 4 is 63.7 Å². The first-order valence-corrected chi connectivity index (χ1v) is 8.74. The van der Waals surface area contributed by atoms with Gasteiger partial charge in [0.1, 0.15) is 5.82 Å². The number of hydrogen-bond acceptors (Lipinski definition) is 0. The van der Waals surface area contributed by atoms with Crippen LogP contribution in [0.1, 0.15) is 21.5 Å². The summed E-state index contributed by atoms with van der Waals surface area (Å²) in [6.45, 7) is 2.04. The minimum absolute atomic E-state index is 0.0197. The smallest absolute Gasteiger partial charge is 0.124 e. The molecule has 2 aromatic rings. The van der Waals surface area contributed by atoms with E-state index in [0.29, 0.717) is 0 Å². The first-order valence-electron chi connectivity index (χ1n) is 5.44. The van der Waals surface area contributed by atoms with Crippen molar-refractivity contribution in [1.29, 1.82) is 0 Å². The molecule has 0 heterocycles. The van der Waals surface area contributed by atoms with E-state index < -0.39 is 0 Å². The molecule has 19 heavy (non-hydrogen) atoms. The minimum atomic E-state index is -0.250. The Balaban J connectivity index is 2.49. The van der Waals surface area contributed by atoms with E-state index in [9.17, 15) is 4.39 Å². The van der Waals surface area contributed by atoms with Crippen LogP contribution >= 0.6 is 63.7 Å². The lowest BCUT2D eigenvalue weighted by atomic mass is 10.0. The fourth-order valence-corrected chi connectivity index (χ4v) is 4.75. The zero-order valence-electron chi connectivity index (χ0n) is 9.85. The van der Waals surface area contributed by atoms with Crippen molar-refractivity contribution in [2.75, 3.05) is 0 Å². The lowest BCUT2D eigenvalue weighted by Gasteiger charge is -2.16. The molecule has 0 aromatic heterocycles. The number of benzene rings is 2. The summed E-state index contributed by atoms with van der Waals surface area (Å²) in [5.41, 5.74) is 3.23. The van der Waals surface area contributed by atoms with Crippen LogP contribution in [-0.4, -0.2) is 0 Å². The Bertz CT molecular complexity index is 625. The molecular formula is C14H9Br4F. The quantitative estimate of drug-likeness (QED) is 0.381. The first-order chi connectivity index (χ1) is 8.90. The molecule has 1 unspecified atom stereocenters. The summed E-state index contributed by atoms with van der Waals surface area (Å²) in [5, 5.41) is 0. The highest BCUT2D eigenvalue weighted by atomic mass is 79.9. The minimum Gasteiger partial charge on any atom is -0.207 e. The van der Waals surface area contributed by atoms with Gasteiger partial charge in [-0.05, 0) is 47.9 Å². The van der Waals surface area contributed by atoms with Gasteiger partial charge in [-0.1, -0.05) is 69.8 Å². The molecule has 0 radical (unpaired) electrons. The van der Waals surface area contributed by atoms with E-state index in [4.69, 9.17) is 0 Å². The van der Waals surface area contributed by atoms with E-state index in [-0.39, 0.29) is 10.6 Å². The van der Waals surface area contributed by atoms with Gasteiger partial charge in [0.25, 0.3) is 0 Å². The third-order valence-electron chi connectivity index (χ3n) is 2.79. The molecule has 0 saturated carbocycles. The van der Waals surface area contributed by atoms with E-state index in [1.165, 1.54) is 12.1 Å². The molecule has 0 bridgehead atoms. The lowest BCUT2D eigenvalue weighted by molar-refractivity contribution is 0.626. The van der Waals surface area contributed by atoms with E-state index in [1.54, 1.807) is 6.07 Å². The fourth-order valence-electron chi connectivity index (χ4n) is 1.73. The molecule has 100 valence electrons. The van der Waals surface area contributed by atoms with Gasteiger partial charge in [0.05, 0.1) is 4.83 Å². The summed E-state index contributed by atoms with van der Waals surface area (Å²) in [6.07, 6.45) is 0. The molecule has 5 heteroatoms. The highest BCUT2D eigenvalue weighted by molar-refractivity contribution is 9.11. The van der Waals surface area contributed by atoms with Gasteiger partial charge in [-0.25, -0.2) is 4.39 Å². The first kappa shape index (κ1) is 15.7. The number of aryl methyl sites for hydroxylation is 1. The SMILES string of the molecule is Cc1cc(Br)c(C(Br)c2ccc(F)cc2Br)cc1Br. The van der Waals surface area contributed by atoms with Crippen LogP contribution < -0.4 is 0 Å². The molecule has 2 rings (SSSR count). The maximum atomic E-state index is 13.1. The van der Waals surface area contributed by atoms with Gasteiger partial charge in [0.2, 0.25) is 0 Å². The van der Waals surface area contributed by atoms with E-state index >= 15 is 0 Å². The second-order valence-corrected chi connectivity index (χ2v) is 7.63.